The second kappa shape index (κ2) is 12.5. The van der Waals surface area contributed by atoms with Gasteiger partial charge in [-0.25, -0.2) is 9.78 Å². The average Bonchev–Trinajstić information content (AvgIpc) is 3.18. The number of nitrogens with zero attached hydrogens (tertiary/aromatic N) is 3. The predicted octanol–water partition coefficient (Wildman–Crippen LogP) is 5.78. The SMILES string of the molecule is CCCCCCc1nc(CCC)c(C)c(=O)n1Cc1ccc(C2=CCC=CC=C2c2noc(=O)[nH]2)cc1. The first-order chi connectivity index (χ1) is 18.0. The number of benzene rings is 1. The molecule has 1 aliphatic carbocycles. The van der Waals surface area contributed by atoms with Crippen molar-refractivity contribution in [1.82, 2.24) is 19.7 Å². The summed E-state index contributed by atoms with van der Waals surface area (Å²) >= 11 is 0. The van der Waals surface area contributed by atoms with Crippen LogP contribution in [0.2, 0.25) is 0 Å². The van der Waals surface area contributed by atoms with Crippen molar-refractivity contribution in [3.05, 3.63) is 104 Å². The Hall–Kier alpha value is -3.74. The van der Waals surface area contributed by atoms with Gasteiger partial charge in [0.1, 0.15) is 5.82 Å². The third kappa shape index (κ3) is 6.34. The van der Waals surface area contributed by atoms with Gasteiger partial charge in [0.05, 0.1) is 12.2 Å². The Balaban J connectivity index is 1.62. The number of hydrogen-bond acceptors (Lipinski definition) is 5. The Bertz CT molecular complexity index is 1420. The highest BCUT2D eigenvalue weighted by Gasteiger charge is 2.17. The lowest BCUT2D eigenvalue weighted by atomic mass is 9.96. The molecule has 7 nitrogen and oxygen atoms in total. The maximum Gasteiger partial charge on any atom is 0.439 e. The molecule has 0 unspecified atom stereocenters. The van der Waals surface area contributed by atoms with Crippen LogP contribution in [0.25, 0.3) is 11.1 Å². The van der Waals surface area contributed by atoms with E-state index < -0.39 is 5.76 Å². The molecule has 2 aromatic heterocycles. The summed E-state index contributed by atoms with van der Waals surface area (Å²) in [5.41, 5.74) is 5.55. The molecule has 0 saturated carbocycles. The summed E-state index contributed by atoms with van der Waals surface area (Å²) in [5.74, 6) is 0.709. The van der Waals surface area contributed by atoms with E-state index in [1.54, 1.807) is 0 Å². The van der Waals surface area contributed by atoms with Crippen molar-refractivity contribution in [1.29, 1.82) is 0 Å². The summed E-state index contributed by atoms with van der Waals surface area (Å²) in [5, 5.41) is 3.88. The summed E-state index contributed by atoms with van der Waals surface area (Å²) in [6, 6.07) is 8.22. The van der Waals surface area contributed by atoms with E-state index in [2.05, 4.69) is 54.3 Å². The van der Waals surface area contributed by atoms with Gasteiger partial charge in [0.25, 0.3) is 5.56 Å². The van der Waals surface area contributed by atoms with E-state index in [9.17, 15) is 9.59 Å². The van der Waals surface area contributed by atoms with Crippen molar-refractivity contribution in [2.45, 2.75) is 78.7 Å². The van der Waals surface area contributed by atoms with E-state index in [1.807, 2.05) is 29.7 Å². The molecule has 0 atom stereocenters. The first kappa shape index (κ1) is 26.3. The third-order valence-electron chi connectivity index (χ3n) is 6.76. The fraction of sp³-hybridized carbons (Fsp3) is 0.400. The Kier molecular flexibility index (Phi) is 8.88. The van der Waals surface area contributed by atoms with Gasteiger partial charge in [-0.2, -0.15) is 0 Å². The number of aromatic nitrogens is 4. The lowest BCUT2D eigenvalue weighted by molar-refractivity contribution is 0.385. The molecule has 194 valence electrons. The number of H-pyrrole nitrogens is 1. The van der Waals surface area contributed by atoms with Crippen molar-refractivity contribution in [2.24, 2.45) is 0 Å². The van der Waals surface area contributed by atoms with Crippen molar-refractivity contribution in [2.75, 3.05) is 0 Å². The Labute approximate surface area is 217 Å². The molecule has 0 aliphatic heterocycles. The zero-order valence-electron chi connectivity index (χ0n) is 22.0. The van der Waals surface area contributed by atoms with Gasteiger partial charge in [0, 0.05) is 17.6 Å². The molecule has 4 rings (SSSR count). The lowest BCUT2D eigenvalue weighted by Crippen LogP contribution is -2.29. The van der Waals surface area contributed by atoms with Gasteiger partial charge >= 0.3 is 5.76 Å². The van der Waals surface area contributed by atoms with Crippen LogP contribution in [0.15, 0.2) is 62.7 Å². The average molecular weight is 501 g/mol. The maximum absolute atomic E-state index is 13.4. The zero-order chi connectivity index (χ0) is 26.2. The van der Waals surface area contributed by atoms with E-state index in [4.69, 9.17) is 9.51 Å². The lowest BCUT2D eigenvalue weighted by Gasteiger charge is -2.16. The normalized spacial score (nSPS) is 13.4. The molecule has 0 amide bonds. The van der Waals surface area contributed by atoms with Crippen LogP contribution >= 0.6 is 0 Å². The van der Waals surface area contributed by atoms with Crippen LogP contribution in [-0.2, 0) is 19.4 Å². The molecule has 1 N–H and O–H groups in total. The monoisotopic (exact) mass is 500 g/mol. The smallest absolute Gasteiger partial charge is 0.296 e. The van der Waals surface area contributed by atoms with Crippen molar-refractivity contribution in [3.63, 3.8) is 0 Å². The molecule has 0 spiro atoms. The maximum atomic E-state index is 13.4. The van der Waals surface area contributed by atoms with Gasteiger partial charge < -0.3 is 0 Å². The Morgan fingerprint density at radius 1 is 1.00 bits per heavy atom. The molecule has 1 aromatic carbocycles. The van der Waals surface area contributed by atoms with Gasteiger partial charge in [0.15, 0.2) is 5.82 Å². The molecule has 0 saturated heterocycles. The molecule has 37 heavy (non-hydrogen) atoms. The summed E-state index contributed by atoms with van der Waals surface area (Å²) < 4.78 is 6.59. The number of aryl methyl sites for hydroxylation is 2. The van der Waals surface area contributed by atoms with Crippen molar-refractivity contribution in [3.8, 4) is 0 Å². The molecule has 0 bridgehead atoms. The van der Waals surface area contributed by atoms with E-state index in [1.165, 1.54) is 12.8 Å². The van der Waals surface area contributed by atoms with Gasteiger partial charge in [-0.15, -0.1) is 0 Å². The summed E-state index contributed by atoms with van der Waals surface area (Å²) in [7, 11) is 0. The number of allylic oxidation sites excluding steroid dienone is 6. The highest BCUT2D eigenvalue weighted by molar-refractivity contribution is 6.04. The van der Waals surface area contributed by atoms with E-state index in [0.29, 0.717) is 12.4 Å². The van der Waals surface area contributed by atoms with E-state index in [0.717, 1.165) is 77.9 Å². The molecular weight excluding hydrogens is 464 g/mol. The van der Waals surface area contributed by atoms with Crippen LogP contribution in [0, 0.1) is 6.92 Å². The molecule has 3 aromatic rings. The van der Waals surface area contributed by atoms with Crippen LogP contribution in [0.5, 0.6) is 0 Å². The van der Waals surface area contributed by atoms with Crippen molar-refractivity contribution < 1.29 is 4.52 Å². The number of rotatable bonds is 11. The highest BCUT2D eigenvalue weighted by Crippen LogP contribution is 2.31. The van der Waals surface area contributed by atoms with Gasteiger partial charge in [-0.3, -0.25) is 18.9 Å². The van der Waals surface area contributed by atoms with Crippen LogP contribution in [0.3, 0.4) is 0 Å². The fourth-order valence-electron chi connectivity index (χ4n) is 4.71. The summed E-state index contributed by atoms with van der Waals surface area (Å²) in [4.78, 5) is 32.5. The largest absolute Gasteiger partial charge is 0.439 e. The highest BCUT2D eigenvalue weighted by atomic mass is 16.5. The number of nitrogens with one attached hydrogen (secondary N) is 1. The fourth-order valence-corrected chi connectivity index (χ4v) is 4.71. The molecule has 7 heteroatoms. The summed E-state index contributed by atoms with van der Waals surface area (Å²) in [6.45, 7) is 6.71. The van der Waals surface area contributed by atoms with Gasteiger partial charge in [-0.1, -0.05) is 93.3 Å². The van der Waals surface area contributed by atoms with Crippen molar-refractivity contribution >= 4 is 11.1 Å². The van der Waals surface area contributed by atoms with Crippen LogP contribution in [0.4, 0.5) is 0 Å². The Morgan fingerprint density at radius 3 is 2.51 bits per heavy atom. The minimum absolute atomic E-state index is 0.0609. The number of unbranched alkanes of at least 4 members (excludes halogenated alkanes) is 3. The summed E-state index contributed by atoms with van der Waals surface area (Å²) in [6.07, 6.45) is 16.0. The van der Waals surface area contributed by atoms with Crippen LogP contribution in [-0.4, -0.2) is 19.7 Å². The van der Waals surface area contributed by atoms with E-state index >= 15 is 0 Å². The molecule has 2 heterocycles. The quantitative estimate of drug-likeness (QED) is 0.337. The zero-order valence-corrected chi connectivity index (χ0v) is 22.0. The van der Waals surface area contributed by atoms with Gasteiger partial charge in [-0.05, 0) is 42.9 Å². The topological polar surface area (TPSA) is 93.8 Å². The minimum atomic E-state index is -0.580. The first-order valence-electron chi connectivity index (χ1n) is 13.3. The van der Waals surface area contributed by atoms with Gasteiger partial charge in [0.2, 0.25) is 0 Å². The second-order valence-electron chi connectivity index (χ2n) is 9.55. The standard InChI is InChI=1S/C30H36N4O3/c1-4-6-7-11-15-27-31-26(12-5-2)21(3)29(35)34(27)20-22-16-18-23(19-17-22)24-13-9-8-10-14-25(24)28-32-30(36)37-33-28/h8,10,13-14,16-19H,4-7,9,11-12,15,20H2,1-3H3,(H,32,33,36). The predicted molar refractivity (Wildman–Crippen MR) is 147 cm³/mol. The van der Waals surface area contributed by atoms with E-state index in [-0.39, 0.29) is 5.56 Å². The second-order valence-corrected chi connectivity index (χ2v) is 9.55. The molecular formula is C30H36N4O3. The first-order valence-corrected chi connectivity index (χ1v) is 13.3. The molecule has 0 radical (unpaired) electrons. The van der Waals surface area contributed by atoms with Crippen LogP contribution in [0.1, 0.15) is 86.4 Å². The number of hydrogen-bond donors (Lipinski definition) is 1. The molecule has 0 fully saturated rings. The Morgan fingerprint density at radius 2 is 1.81 bits per heavy atom. The third-order valence-corrected chi connectivity index (χ3v) is 6.76. The molecule has 1 aliphatic rings. The number of aromatic amines is 1. The minimum Gasteiger partial charge on any atom is -0.296 e. The van der Waals surface area contributed by atoms with Crippen LogP contribution < -0.4 is 11.3 Å².